The summed E-state index contributed by atoms with van der Waals surface area (Å²) < 4.78 is 10.7. The highest BCUT2D eigenvalue weighted by atomic mass is 79.9. The van der Waals surface area contributed by atoms with Gasteiger partial charge in [0.1, 0.15) is 5.76 Å². The van der Waals surface area contributed by atoms with Gasteiger partial charge in [-0.3, -0.25) is 14.9 Å². The first-order valence-corrected chi connectivity index (χ1v) is 9.49. The third-order valence-corrected chi connectivity index (χ3v) is 4.61. The predicted molar refractivity (Wildman–Crippen MR) is 112 cm³/mol. The minimum absolute atomic E-state index is 0.120. The minimum Gasteiger partial charge on any atom is -0.467 e. The van der Waals surface area contributed by atoms with Crippen molar-refractivity contribution in [1.82, 2.24) is 0 Å². The van der Waals surface area contributed by atoms with Crippen molar-refractivity contribution in [2.75, 3.05) is 17.2 Å². The molecular formula is C20H16BrN3O6. The van der Waals surface area contributed by atoms with Crippen LogP contribution < -0.4 is 10.6 Å². The smallest absolute Gasteiger partial charge is 0.340 e. The maximum Gasteiger partial charge on any atom is 0.340 e. The summed E-state index contributed by atoms with van der Waals surface area (Å²) in [6, 6.07) is 14.2. The molecule has 0 radical (unpaired) electrons. The summed E-state index contributed by atoms with van der Waals surface area (Å²) in [5.74, 6) is -0.555. The second-order valence-electron chi connectivity index (χ2n) is 6.02. The van der Waals surface area contributed by atoms with Gasteiger partial charge in [0.05, 0.1) is 29.0 Å². The van der Waals surface area contributed by atoms with E-state index in [9.17, 15) is 19.7 Å². The molecule has 0 atom stereocenters. The van der Waals surface area contributed by atoms with Crippen LogP contribution >= 0.6 is 15.9 Å². The topological polar surface area (TPSA) is 124 Å². The SMILES string of the molecule is O=C(COC(=O)c1ccccc1NCc1ccco1)Nc1ccc([N+](=O)[O-])cc1Br. The van der Waals surface area contributed by atoms with Crippen LogP contribution in [0.15, 0.2) is 69.8 Å². The number of amides is 1. The highest BCUT2D eigenvalue weighted by Gasteiger charge is 2.16. The largest absolute Gasteiger partial charge is 0.467 e. The van der Waals surface area contributed by atoms with Crippen LogP contribution in [0.3, 0.4) is 0 Å². The van der Waals surface area contributed by atoms with E-state index in [4.69, 9.17) is 9.15 Å². The Hall–Kier alpha value is -3.66. The van der Waals surface area contributed by atoms with Gasteiger partial charge in [-0.1, -0.05) is 12.1 Å². The zero-order chi connectivity index (χ0) is 21.5. The Balaban J connectivity index is 1.58. The predicted octanol–water partition coefficient (Wildman–Crippen LogP) is 4.36. The molecule has 2 N–H and O–H groups in total. The number of hydrogen-bond donors (Lipinski definition) is 2. The molecule has 10 heteroatoms. The van der Waals surface area contributed by atoms with E-state index in [0.29, 0.717) is 28.2 Å². The van der Waals surface area contributed by atoms with Crippen molar-refractivity contribution in [3.05, 3.63) is 86.8 Å². The van der Waals surface area contributed by atoms with E-state index in [1.165, 1.54) is 18.2 Å². The van der Waals surface area contributed by atoms with Gasteiger partial charge in [-0.05, 0) is 46.3 Å². The first kappa shape index (κ1) is 21.1. The van der Waals surface area contributed by atoms with Crippen LogP contribution in [0, 0.1) is 10.1 Å². The number of para-hydroxylation sites is 1. The molecule has 0 unspecified atom stereocenters. The Labute approximate surface area is 179 Å². The molecule has 0 fully saturated rings. The van der Waals surface area contributed by atoms with Gasteiger partial charge >= 0.3 is 5.97 Å². The Morgan fingerprint density at radius 1 is 1.10 bits per heavy atom. The second-order valence-corrected chi connectivity index (χ2v) is 6.88. The van der Waals surface area contributed by atoms with E-state index in [-0.39, 0.29) is 11.3 Å². The summed E-state index contributed by atoms with van der Waals surface area (Å²) in [7, 11) is 0. The van der Waals surface area contributed by atoms with Crippen LogP contribution in [0.2, 0.25) is 0 Å². The number of halogens is 1. The average molecular weight is 474 g/mol. The number of furan rings is 1. The van der Waals surface area contributed by atoms with Crippen molar-refractivity contribution in [2.45, 2.75) is 6.54 Å². The molecule has 30 heavy (non-hydrogen) atoms. The van der Waals surface area contributed by atoms with Crippen LogP contribution in [-0.4, -0.2) is 23.4 Å². The highest BCUT2D eigenvalue weighted by Crippen LogP contribution is 2.27. The molecule has 9 nitrogen and oxygen atoms in total. The number of rotatable bonds is 8. The van der Waals surface area contributed by atoms with Gasteiger partial charge in [-0.2, -0.15) is 0 Å². The number of nitrogens with one attached hydrogen (secondary N) is 2. The Morgan fingerprint density at radius 3 is 2.60 bits per heavy atom. The Kier molecular flexibility index (Phi) is 6.81. The standard InChI is InChI=1S/C20H16BrN3O6/c21-16-10-13(24(27)28)7-8-18(16)23-19(25)12-30-20(26)15-5-1-2-6-17(15)22-11-14-4-3-9-29-14/h1-10,22H,11-12H2,(H,23,25). The third-order valence-electron chi connectivity index (χ3n) is 3.95. The van der Waals surface area contributed by atoms with Gasteiger partial charge in [-0.15, -0.1) is 0 Å². The number of carbonyl (C=O) groups is 2. The van der Waals surface area contributed by atoms with E-state index in [1.54, 1.807) is 42.7 Å². The fraction of sp³-hybridized carbons (Fsp3) is 0.100. The van der Waals surface area contributed by atoms with Crippen molar-refractivity contribution >= 4 is 44.9 Å². The molecule has 0 spiro atoms. The maximum absolute atomic E-state index is 12.4. The molecule has 0 aliphatic carbocycles. The highest BCUT2D eigenvalue weighted by molar-refractivity contribution is 9.10. The summed E-state index contributed by atoms with van der Waals surface area (Å²) >= 11 is 3.16. The van der Waals surface area contributed by atoms with E-state index >= 15 is 0 Å². The Morgan fingerprint density at radius 2 is 1.90 bits per heavy atom. The number of anilines is 2. The number of non-ortho nitro benzene ring substituents is 1. The molecule has 1 heterocycles. The van der Waals surface area contributed by atoms with E-state index < -0.39 is 23.4 Å². The second kappa shape index (κ2) is 9.70. The zero-order valence-electron chi connectivity index (χ0n) is 15.5. The van der Waals surface area contributed by atoms with Crippen molar-refractivity contribution in [3.8, 4) is 0 Å². The number of esters is 1. The average Bonchev–Trinajstić information content (AvgIpc) is 3.25. The number of nitro benzene ring substituents is 1. The van der Waals surface area contributed by atoms with Crippen molar-refractivity contribution < 1.29 is 23.7 Å². The fourth-order valence-corrected chi connectivity index (χ4v) is 2.99. The molecular weight excluding hydrogens is 458 g/mol. The summed E-state index contributed by atoms with van der Waals surface area (Å²) in [4.78, 5) is 34.8. The van der Waals surface area contributed by atoms with Crippen molar-refractivity contribution in [3.63, 3.8) is 0 Å². The van der Waals surface area contributed by atoms with Gasteiger partial charge in [0.25, 0.3) is 11.6 Å². The number of hydrogen-bond acceptors (Lipinski definition) is 7. The van der Waals surface area contributed by atoms with E-state index in [1.807, 2.05) is 0 Å². The maximum atomic E-state index is 12.4. The van der Waals surface area contributed by atoms with Crippen LogP contribution in [-0.2, 0) is 16.1 Å². The number of carbonyl (C=O) groups excluding carboxylic acids is 2. The van der Waals surface area contributed by atoms with Crippen LogP contribution in [0.4, 0.5) is 17.1 Å². The molecule has 0 aliphatic heterocycles. The van der Waals surface area contributed by atoms with Crippen LogP contribution in [0.1, 0.15) is 16.1 Å². The molecule has 1 amide bonds. The molecule has 3 rings (SSSR count). The van der Waals surface area contributed by atoms with Gasteiger partial charge < -0.3 is 19.8 Å². The molecule has 154 valence electrons. The molecule has 0 aliphatic rings. The lowest BCUT2D eigenvalue weighted by molar-refractivity contribution is -0.384. The lowest BCUT2D eigenvalue weighted by atomic mass is 10.2. The molecule has 0 saturated carbocycles. The minimum atomic E-state index is -0.671. The van der Waals surface area contributed by atoms with Crippen molar-refractivity contribution in [2.24, 2.45) is 0 Å². The normalized spacial score (nSPS) is 10.3. The summed E-state index contributed by atoms with van der Waals surface area (Å²) in [6.07, 6.45) is 1.55. The molecule has 2 aromatic carbocycles. The monoisotopic (exact) mass is 473 g/mol. The fourth-order valence-electron chi connectivity index (χ4n) is 2.52. The zero-order valence-corrected chi connectivity index (χ0v) is 17.0. The number of benzene rings is 2. The van der Waals surface area contributed by atoms with E-state index in [2.05, 4.69) is 26.6 Å². The molecule has 0 saturated heterocycles. The number of nitro groups is 1. The third kappa shape index (κ3) is 5.45. The van der Waals surface area contributed by atoms with Gasteiger partial charge in [0.15, 0.2) is 6.61 Å². The van der Waals surface area contributed by atoms with Crippen molar-refractivity contribution in [1.29, 1.82) is 0 Å². The molecule has 0 bridgehead atoms. The van der Waals surface area contributed by atoms with E-state index in [0.717, 1.165) is 0 Å². The van der Waals surface area contributed by atoms with Crippen LogP contribution in [0.5, 0.6) is 0 Å². The lowest BCUT2D eigenvalue weighted by Gasteiger charge is -2.11. The summed E-state index contributed by atoms with van der Waals surface area (Å²) in [5.41, 5.74) is 1.01. The molecule has 3 aromatic rings. The Bertz CT molecular complexity index is 1070. The summed E-state index contributed by atoms with van der Waals surface area (Å²) in [5, 5.41) is 16.4. The molecule has 1 aromatic heterocycles. The number of nitrogens with zero attached hydrogens (tertiary/aromatic N) is 1. The van der Waals surface area contributed by atoms with Crippen LogP contribution in [0.25, 0.3) is 0 Å². The van der Waals surface area contributed by atoms with Gasteiger partial charge in [0, 0.05) is 22.3 Å². The van der Waals surface area contributed by atoms with Gasteiger partial charge in [0.2, 0.25) is 0 Å². The first-order valence-electron chi connectivity index (χ1n) is 8.70. The quantitative estimate of drug-likeness (QED) is 0.283. The van der Waals surface area contributed by atoms with Gasteiger partial charge in [-0.25, -0.2) is 4.79 Å². The lowest BCUT2D eigenvalue weighted by Crippen LogP contribution is -2.21. The first-order chi connectivity index (χ1) is 14.4. The summed E-state index contributed by atoms with van der Waals surface area (Å²) in [6.45, 7) is -0.138. The number of ether oxygens (including phenoxy) is 1.